The summed E-state index contributed by atoms with van der Waals surface area (Å²) in [7, 11) is 0. The summed E-state index contributed by atoms with van der Waals surface area (Å²) in [6, 6.07) is 4.45. The number of nitrogens with one attached hydrogen (secondary N) is 1. The Hall–Kier alpha value is -0.540. The molecule has 1 aliphatic rings. The predicted molar refractivity (Wildman–Crippen MR) is 82.2 cm³/mol. The lowest BCUT2D eigenvalue weighted by Gasteiger charge is -2.39. The van der Waals surface area contributed by atoms with Crippen LogP contribution in [0.4, 0.5) is 4.39 Å². The van der Waals surface area contributed by atoms with Gasteiger partial charge in [-0.25, -0.2) is 4.39 Å². The third kappa shape index (κ3) is 3.51. The standard InChI is InChI=1S/C16H24FNS/c1-11-7-13(8-12(2)15(11)17)9-18-14-10-19-6-5-16(14,3)4/h7-8,14,18H,5-6,9-10H2,1-4H3. The van der Waals surface area contributed by atoms with Crippen LogP contribution in [-0.2, 0) is 6.54 Å². The Labute approximate surface area is 120 Å². The third-order valence-corrected chi connectivity index (χ3v) is 5.23. The predicted octanol–water partition coefficient (Wildman–Crippen LogP) is 4.06. The molecule has 1 atom stereocenters. The molecule has 0 saturated carbocycles. The van der Waals surface area contributed by atoms with Crippen molar-refractivity contribution >= 4 is 11.8 Å². The maximum Gasteiger partial charge on any atom is 0.129 e. The van der Waals surface area contributed by atoms with Gasteiger partial charge < -0.3 is 5.32 Å². The molecule has 1 saturated heterocycles. The van der Waals surface area contributed by atoms with Gasteiger partial charge in [-0.05, 0) is 48.1 Å². The summed E-state index contributed by atoms with van der Waals surface area (Å²) in [6.07, 6.45) is 1.26. The van der Waals surface area contributed by atoms with Gasteiger partial charge in [0.25, 0.3) is 0 Å². The first-order valence-electron chi connectivity index (χ1n) is 6.97. The molecule has 1 aromatic carbocycles. The molecule has 3 heteroatoms. The van der Waals surface area contributed by atoms with E-state index in [2.05, 4.69) is 19.2 Å². The summed E-state index contributed by atoms with van der Waals surface area (Å²) in [6.45, 7) is 9.19. The van der Waals surface area contributed by atoms with Gasteiger partial charge >= 0.3 is 0 Å². The molecule has 19 heavy (non-hydrogen) atoms. The van der Waals surface area contributed by atoms with Crippen molar-refractivity contribution in [2.45, 2.75) is 46.7 Å². The van der Waals surface area contributed by atoms with Gasteiger partial charge in [-0.1, -0.05) is 26.0 Å². The van der Waals surface area contributed by atoms with Crippen molar-refractivity contribution in [1.82, 2.24) is 5.32 Å². The Morgan fingerprint density at radius 2 is 1.95 bits per heavy atom. The van der Waals surface area contributed by atoms with Gasteiger partial charge in [-0.2, -0.15) is 11.8 Å². The molecule has 0 spiro atoms. The molecule has 2 rings (SSSR count). The second-order valence-corrected chi connectivity index (χ2v) is 7.44. The van der Waals surface area contributed by atoms with E-state index in [-0.39, 0.29) is 5.82 Å². The summed E-state index contributed by atoms with van der Waals surface area (Å²) < 4.78 is 13.6. The van der Waals surface area contributed by atoms with Gasteiger partial charge in [0.15, 0.2) is 0 Å². The van der Waals surface area contributed by atoms with Crippen LogP contribution in [0.15, 0.2) is 12.1 Å². The van der Waals surface area contributed by atoms with E-state index in [1.54, 1.807) is 0 Å². The summed E-state index contributed by atoms with van der Waals surface area (Å²) in [4.78, 5) is 0. The molecule has 1 aromatic rings. The Bertz CT molecular complexity index is 433. The first-order chi connectivity index (χ1) is 8.90. The van der Waals surface area contributed by atoms with Crippen LogP contribution >= 0.6 is 11.8 Å². The van der Waals surface area contributed by atoms with E-state index >= 15 is 0 Å². The molecule has 106 valence electrons. The molecule has 1 aliphatic heterocycles. The van der Waals surface area contributed by atoms with E-state index in [1.807, 2.05) is 37.7 Å². The smallest absolute Gasteiger partial charge is 0.129 e. The van der Waals surface area contributed by atoms with Crippen molar-refractivity contribution in [1.29, 1.82) is 0 Å². The van der Waals surface area contributed by atoms with Crippen LogP contribution in [0, 0.1) is 25.1 Å². The molecule has 1 nitrogen and oxygen atoms in total. The second kappa shape index (κ2) is 5.84. The molecule has 0 aliphatic carbocycles. The van der Waals surface area contributed by atoms with Crippen LogP contribution in [0.2, 0.25) is 0 Å². The van der Waals surface area contributed by atoms with Gasteiger partial charge in [0.2, 0.25) is 0 Å². The second-order valence-electron chi connectivity index (χ2n) is 6.29. The number of thioether (sulfide) groups is 1. The SMILES string of the molecule is Cc1cc(CNC2CSCCC2(C)C)cc(C)c1F. The molecule has 0 aromatic heterocycles. The number of aryl methyl sites for hydroxylation is 2. The monoisotopic (exact) mass is 281 g/mol. The van der Waals surface area contributed by atoms with Crippen molar-refractivity contribution in [3.8, 4) is 0 Å². The average Bonchev–Trinajstić information content (AvgIpc) is 2.34. The van der Waals surface area contributed by atoms with Crippen LogP contribution in [0.25, 0.3) is 0 Å². The Morgan fingerprint density at radius 1 is 1.32 bits per heavy atom. The largest absolute Gasteiger partial charge is 0.309 e. The van der Waals surface area contributed by atoms with Crippen molar-refractivity contribution in [3.63, 3.8) is 0 Å². The minimum absolute atomic E-state index is 0.0719. The molecule has 0 amide bonds. The van der Waals surface area contributed by atoms with E-state index < -0.39 is 0 Å². The highest BCUT2D eigenvalue weighted by molar-refractivity contribution is 7.99. The fraction of sp³-hybridized carbons (Fsp3) is 0.625. The number of rotatable bonds is 3. The van der Waals surface area contributed by atoms with Crippen molar-refractivity contribution < 1.29 is 4.39 Å². The molecule has 1 unspecified atom stereocenters. The maximum atomic E-state index is 13.6. The van der Waals surface area contributed by atoms with Gasteiger partial charge in [0.1, 0.15) is 5.82 Å². The number of hydrogen-bond acceptors (Lipinski definition) is 2. The zero-order valence-corrected chi connectivity index (χ0v) is 13.2. The molecule has 0 radical (unpaired) electrons. The van der Waals surface area contributed by atoms with Crippen LogP contribution < -0.4 is 5.32 Å². The lowest BCUT2D eigenvalue weighted by Crippen LogP contribution is -2.46. The summed E-state index contributed by atoms with van der Waals surface area (Å²) in [5.41, 5.74) is 3.03. The number of hydrogen-bond donors (Lipinski definition) is 1. The van der Waals surface area contributed by atoms with Gasteiger partial charge in [-0.15, -0.1) is 0 Å². The molecular weight excluding hydrogens is 257 g/mol. The maximum absolute atomic E-state index is 13.6. The molecular formula is C16H24FNS. The summed E-state index contributed by atoms with van der Waals surface area (Å²) in [5.74, 6) is 2.36. The minimum atomic E-state index is -0.0719. The Morgan fingerprint density at radius 3 is 2.53 bits per heavy atom. The average molecular weight is 281 g/mol. The molecule has 1 fully saturated rings. The quantitative estimate of drug-likeness (QED) is 0.896. The molecule has 0 bridgehead atoms. The van der Waals surface area contributed by atoms with Crippen LogP contribution in [0.3, 0.4) is 0 Å². The highest BCUT2D eigenvalue weighted by Gasteiger charge is 2.31. The highest BCUT2D eigenvalue weighted by Crippen LogP contribution is 2.34. The van der Waals surface area contributed by atoms with E-state index in [0.29, 0.717) is 11.5 Å². The van der Waals surface area contributed by atoms with Gasteiger partial charge in [-0.3, -0.25) is 0 Å². The Balaban J connectivity index is 2.02. The van der Waals surface area contributed by atoms with Gasteiger partial charge in [0.05, 0.1) is 0 Å². The van der Waals surface area contributed by atoms with Crippen molar-refractivity contribution in [2.24, 2.45) is 5.41 Å². The zero-order valence-electron chi connectivity index (χ0n) is 12.3. The van der Waals surface area contributed by atoms with Crippen molar-refractivity contribution in [3.05, 3.63) is 34.6 Å². The Kier molecular flexibility index (Phi) is 4.57. The first-order valence-corrected chi connectivity index (χ1v) is 8.12. The normalized spacial score (nSPS) is 22.5. The van der Waals surface area contributed by atoms with Crippen LogP contribution in [0.1, 0.15) is 37.0 Å². The number of halogens is 1. The van der Waals surface area contributed by atoms with E-state index in [4.69, 9.17) is 0 Å². The lowest BCUT2D eigenvalue weighted by atomic mass is 9.82. The minimum Gasteiger partial charge on any atom is -0.309 e. The van der Waals surface area contributed by atoms with Crippen LogP contribution in [0.5, 0.6) is 0 Å². The summed E-state index contributed by atoms with van der Waals surface area (Å²) in [5, 5.41) is 3.66. The molecule has 1 heterocycles. The van der Waals surface area contributed by atoms with E-state index in [0.717, 1.165) is 17.7 Å². The lowest BCUT2D eigenvalue weighted by molar-refractivity contribution is 0.245. The fourth-order valence-corrected chi connectivity index (χ4v) is 4.29. The number of benzene rings is 1. The summed E-state index contributed by atoms with van der Waals surface area (Å²) >= 11 is 2.03. The molecule has 1 N–H and O–H groups in total. The topological polar surface area (TPSA) is 12.0 Å². The fourth-order valence-electron chi connectivity index (χ4n) is 2.65. The third-order valence-electron chi connectivity index (χ3n) is 4.17. The highest BCUT2D eigenvalue weighted by atomic mass is 32.2. The first kappa shape index (κ1) is 14.9. The van der Waals surface area contributed by atoms with Gasteiger partial charge in [0, 0.05) is 18.3 Å². The van der Waals surface area contributed by atoms with Crippen LogP contribution in [-0.4, -0.2) is 17.5 Å². The zero-order chi connectivity index (χ0) is 14.0. The van der Waals surface area contributed by atoms with E-state index in [1.165, 1.54) is 23.5 Å². The van der Waals surface area contributed by atoms with E-state index in [9.17, 15) is 4.39 Å². The van der Waals surface area contributed by atoms with Crippen molar-refractivity contribution in [2.75, 3.05) is 11.5 Å².